The number of rotatable bonds is 4. The Kier molecular flexibility index (Phi) is 2.57. The highest BCUT2D eigenvalue weighted by molar-refractivity contribution is 5.65. The van der Waals surface area contributed by atoms with E-state index >= 15 is 0 Å². The van der Waals surface area contributed by atoms with Crippen LogP contribution >= 0.6 is 0 Å². The number of nitrogens with two attached hydrogens (primary N) is 1. The van der Waals surface area contributed by atoms with Gasteiger partial charge >= 0.3 is 0 Å². The van der Waals surface area contributed by atoms with E-state index in [0.717, 1.165) is 24.9 Å². The Balaban J connectivity index is 1.87. The van der Waals surface area contributed by atoms with Crippen molar-refractivity contribution in [1.29, 1.82) is 0 Å². The largest absolute Gasteiger partial charge is 0.388 e. The van der Waals surface area contributed by atoms with E-state index in [2.05, 4.69) is 20.7 Å². The minimum atomic E-state index is -0.600. The van der Waals surface area contributed by atoms with Crippen LogP contribution in [0.1, 0.15) is 19.3 Å². The molecule has 0 spiro atoms. The highest BCUT2D eigenvalue weighted by atomic mass is 16.3. The molecular formula is C11H16N6O. The number of nitrogens with zero attached hydrogens (tertiary/aromatic N) is 3. The maximum absolute atomic E-state index is 10.1. The standard InChI is InChI=1S/C11H16N6O/c12-16-8-6-17-5-4-13-10(17)9(15-8)14-7-11(18)2-1-3-11/h4-6,16,18H,1-3,7,12H2,(H,14,15). The molecule has 96 valence electrons. The molecule has 2 aromatic rings. The van der Waals surface area contributed by atoms with Gasteiger partial charge in [0.15, 0.2) is 17.3 Å². The van der Waals surface area contributed by atoms with Gasteiger partial charge in [0.2, 0.25) is 0 Å². The lowest BCUT2D eigenvalue weighted by Gasteiger charge is -2.36. The third-order valence-electron chi connectivity index (χ3n) is 3.39. The van der Waals surface area contributed by atoms with Crippen LogP contribution in [0.15, 0.2) is 18.6 Å². The molecule has 7 heteroatoms. The zero-order valence-corrected chi connectivity index (χ0v) is 9.93. The van der Waals surface area contributed by atoms with E-state index in [1.54, 1.807) is 12.4 Å². The summed E-state index contributed by atoms with van der Waals surface area (Å²) in [5, 5.41) is 13.2. The quantitative estimate of drug-likeness (QED) is 0.460. The molecular weight excluding hydrogens is 232 g/mol. The summed E-state index contributed by atoms with van der Waals surface area (Å²) < 4.78 is 1.83. The average Bonchev–Trinajstić information content (AvgIpc) is 2.81. The molecule has 0 saturated heterocycles. The molecule has 7 nitrogen and oxygen atoms in total. The van der Waals surface area contributed by atoms with Crippen molar-refractivity contribution in [2.24, 2.45) is 5.84 Å². The van der Waals surface area contributed by atoms with Crippen LogP contribution in [0.5, 0.6) is 0 Å². The second kappa shape index (κ2) is 4.11. The van der Waals surface area contributed by atoms with E-state index in [1.165, 1.54) is 0 Å². The molecule has 5 N–H and O–H groups in total. The average molecular weight is 248 g/mol. The summed E-state index contributed by atoms with van der Waals surface area (Å²) in [6.07, 6.45) is 8.02. The molecule has 0 aromatic carbocycles. The van der Waals surface area contributed by atoms with E-state index in [9.17, 15) is 5.11 Å². The molecule has 0 aliphatic heterocycles. The first-order valence-corrected chi connectivity index (χ1v) is 5.97. The van der Waals surface area contributed by atoms with Gasteiger partial charge < -0.3 is 20.2 Å². The topological polar surface area (TPSA) is 100 Å². The second-order valence-corrected chi connectivity index (χ2v) is 4.71. The number of imidazole rings is 1. The lowest BCUT2D eigenvalue weighted by molar-refractivity contribution is -0.0202. The fourth-order valence-corrected chi connectivity index (χ4v) is 2.13. The van der Waals surface area contributed by atoms with Gasteiger partial charge in [-0.05, 0) is 19.3 Å². The fraction of sp³-hybridized carbons (Fsp3) is 0.455. The van der Waals surface area contributed by atoms with Gasteiger partial charge in [0, 0.05) is 18.9 Å². The molecule has 1 saturated carbocycles. The van der Waals surface area contributed by atoms with Crippen molar-refractivity contribution < 1.29 is 5.11 Å². The molecule has 1 aliphatic rings. The first-order chi connectivity index (χ1) is 8.70. The number of nitrogens with one attached hydrogen (secondary N) is 2. The molecule has 18 heavy (non-hydrogen) atoms. The van der Waals surface area contributed by atoms with Gasteiger partial charge in [-0.15, -0.1) is 0 Å². The molecule has 0 atom stereocenters. The number of fused-ring (bicyclic) bond motifs is 1. The summed E-state index contributed by atoms with van der Waals surface area (Å²) in [5.41, 5.74) is 2.63. The van der Waals surface area contributed by atoms with Crippen LogP contribution in [0.25, 0.3) is 5.65 Å². The lowest BCUT2D eigenvalue weighted by atomic mass is 9.80. The fourth-order valence-electron chi connectivity index (χ4n) is 2.13. The molecule has 2 heterocycles. The van der Waals surface area contributed by atoms with Crippen molar-refractivity contribution in [3.63, 3.8) is 0 Å². The van der Waals surface area contributed by atoms with Crippen molar-refractivity contribution in [3.8, 4) is 0 Å². The monoisotopic (exact) mass is 248 g/mol. The third kappa shape index (κ3) is 1.87. The van der Waals surface area contributed by atoms with Gasteiger partial charge in [0.05, 0.1) is 11.8 Å². The van der Waals surface area contributed by atoms with E-state index in [1.807, 2.05) is 10.6 Å². The van der Waals surface area contributed by atoms with Gasteiger partial charge in [0.25, 0.3) is 0 Å². The predicted molar refractivity (Wildman–Crippen MR) is 68.1 cm³/mol. The molecule has 1 aliphatic carbocycles. The van der Waals surface area contributed by atoms with E-state index in [0.29, 0.717) is 18.2 Å². The molecule has 0 bridgehead atoms. The Morgan fingerprint density at radius 3 is 3.00 bits per heavy atom. The van der Waals surface area contributed by atoms with Gasteiger partial charge in [0.1, 0.15) is 0 Å². The molecule has 3 rings (SSSR count). The van der Waals surface area contributed by atoms with E-state index in [-0.39, 0.29) is 0 Å². The lowest BCUT2D eigenvalue weighted by Crippen LogP contribution is -2.43. The van der Waals surface area contributed by atoms with Crippen LogP contribution in [0.2, 0.25) is 0 Å². The van der Waals surface area contributed by atoms with Crippen LogP contribution in [0.3, 0.4) is 0 Å². The number of hydrogen-bond acceptors (Lipinski definition) is 6. The minimum absolute atomic E-state index is 0.483. The number of hydrogen-bond donors (Lipinski definition) is 4. The Labute approximate surface area is 104 Å². The molecule has 1 fully saturated rings. The number of hydrazine groups is 1. The van der Waals surface area contributed by atoms with Crippen LogP contribution < -0.4 is 16.6 Å². The first-order valence-electron chi connectivity index (χ1n) is 5.97. The summed E-state index contributed by atoms with van der Waals surface area (Å²) in [6.45, 7) is 0.483. The normalized spacial score (nSPS) is 17.4. The predicted octanol–water partition coefficient (Wildman–Crippen LogP) is 0.342. The Bertz CT molecular complexity index is 562. The van der Waals surface area contributed by atoms with Crippen LogP contribution in [0, 0.1) is 0 Å². The summed E-state index contributed by atoms with van der Waals surface area (Å²) in [6, 6.07) is 0. The van der Waals surface area contributed by atoms with Crippen molar-refractivity contribution in [2.45, 2.75) is 24.9 Å². The molecule has 0 unspecified atom stereocenters. The summed E-state index contributed by atoms with van der Waals surface area (Å²) in [7, 11) is 0. The maximum atomic E-state index is 10.1. The number of anilines is 2. The van der Waals surface area contributed by atoms with E-state index < -0.39 is 5.60 Å². The third-order valence-corrected chi connectivity index (χ3v) is 3.39. The van der Waals surface area contributed by atoms with Crippen molar-refractivity contribution in [1.82, 2.24) is 14.4 Å². The molecule has 0 radical (unpaired) electrons. The Hall–Kier alpha value is -1.86. The molecule has 0 amide bonds. The van der Waals surface area contributed by atoms with Gasteiger partial charge in [-0.25, -0.2) is 15.8 Å². The van der Waals surface area contributed by atoms with Crippen LogP contribution in [-0.4, -0.2) is 31.6 Å². The Morgan fingerprint density at radius 2 is 2.33 bits per heavy atom. The number of aliphatic hydroxyl groups is 1. The Morgan fingerprint density at radius 1 is 1.50 bits per heavy atom. The minimum Gasteiger partial charge on any atom is -0.388 e. The van der Waals surface area contributed by atoms with Crippen LogP contribution in [0.4, 0.5) is 11.6 Å². The summed E-state index contributed by atoms with van der Waals surface area (Å²) >= 11 is 0. The van der Waals surface area contributed by atoms with Gasteiger partial charge in [-0.1, -0.05) is 0 Å². The number of nitrogen functional groups attached to an aromatic ring is 1. The van der Waals surface area contributed by atoms with Crippen molar-refractivity contribution >= 4 is 17.3 Å². The zero-order valence-electron chi connectivity index (χ0n) is 9.93. The second-order valence-electron chi connectivity index (χ2n) is 4.71. The van der Waals surface area contributed by atoms with Crippen molar-refractivity contribution in [2.75, 3.05) is 17.3 Å². The van der Waals surface area contributed by atoms with Crippen LogP contribution in [-0.2, 0) is 0 Å². The summed E-state index contributed by atoms with van der Waals surface area (Å²) in [5.74, 6) is 6.54. The van der Waals surface area contributed by atoms with E-state index in [4.69, 9.17) is 5.84 Å². The van der Waals surface area contributed by atoms with Gasteiger partial charge in [-0.2, -0.15) is 0 Å². The number of aromatic nitrogens is 3. The first kappa shape index (κ1) is 11.2. The maximum Gasteiger partial charge on any atom is 0.180 e. The van der Waals surface area contributed by atoms with Gasteiger partial charge in [-0.3, -0.25) is 0 Å². The molecule has 2 aromatic heterocycles. The summed E-state index contributed by atoms with van der Waals surface area (Å²) in [4.78, 5) is 8.54. The van der Waals surface area contributed by atoms with Crippen molar-refractivity contribution in [3.05, 3.63) is 18.6 Å². The highest BCUT2D eigenvalue weighted by Crippen LogP contribution is 2.31. The SMILES string of the molecule is NNc1cn2ccnc2c(NCC2(O)CCC2)n1. The zero-order chi connectivity index (χ0) is 12.6. The smallest absolute Gasteiger partial charge is 0.180 e. The highest BCUT2D eigenvalue weighted by Gasteiger charge is 2.34.